The minimum atomic E-state index is -0.133. The van der Waals surface area contributed by atoms with Gasteiger partial charge in [0, 0.05) is 25.5 Å². The molecule has 1 amide bonds. The third-order valence-corrected chi connectivity index (χ3v) is 3.17. The number of nitrogens with two attached hydrogens (primary N) is 1. The molecule has 1 fully saturated rings. The molecular weight excluding hydrogens is 254 g/mol. The van der Waals surface area contributed by atoms with Gasteiger partial charge >= 0.3 is 0 Å². The largest absolute Gasteiger partial charge is 0.378 e. The van der Waals surface area contributed by atoms with E-state index in [1.165, 1.54) is 0 Å². The summed E-state index contributed by atoms with van der Waals surface area (Å²) < 4.78 is 5.52. The molecule has 1 aromatic rings. The highest BCUT2D eigenvalue weighted by Crippen LogP contribution is 2.14. The van der Waals surface area contributed by atoms with Crippen LogP contribution in [0.15, 0.2) is 18.5 Å². The predicted octanol–water partition coefficient (Wildman–Crippen LogP) is 0.691. The van der Waals surface area contributed by atoms with Gasteiger partial charge < -0.3 is 15.8 Å². The number of aromatic nitrogens is 1. The zero-order valence-corrected chi connectivity index (χ0v) is 11.4. The van der Waals surface area contributed by atoms with Crippen LogP contribution < -0.4 is 11.1 Å². The second-order valence-electron chi connectivity index (χ2n) is 4.61. The van der Waals surface area contributed by atoms with Crippen molar-refractivity contribution in [2.75, 3.05) is 19.7 Å². The Bertz CT molecular complexity index is 513. The average Bonchev–Trinajstić information content (AvgIpc) is 2.98. The summed E-state index contributed by atoms with van der Waals surface area (Å²) in [7, 11) is 0. The minimum absolute atomic E-state index is 0.133. The molecule has 106 valence electrons. The number of carbonyl (C=O) groups is 1. The summed E-state index contributed by atoms with van der Waals surface area (Å²) in [6.45, 7) is 1.70. The first-order chi connectivity index (χ1) is 9.81. The first-order valence-electron chi connectivity index (χ1n) is 6.84. The van der Waals surface area contributed by atoms with Crippen molar-refractivity contribution < 1.29 is 9.53 Å². The third-order valence-electron chi connectivity index (χ3n) is 3.17. The van der Waals surface area contributed by atoms with Crippen LogP contribution in [0.5, 0.6) is 0 Å². The molecule has 1 aromatic heterocycles. The van der Waals surface area contributed by atoms with E-state index in [9.17, 15) is 4.79 Å². The fourth-order valence-corrected chi connectivity index (χ4v) is 2.15. The van der Waals surface area contributed by atoms with Crippen molar-refractivity contribution in [3.8, 4) is 11.8 Å². The summed E-state index contributed by atoms with van der Waals surface area (Å²) in [4.78, 5) is 16.1. The number of rotatable bonds is 4. The van der Waals surface area contributed by atoms with E-state index in [4.69, 9.17) is 10.5 Å². The molecular formula is C15H19N3O2. The lowest BCUT2D eigenvalue weighted by Gasteiger charge is -2.10. The second kappa shape index (κ2) is 7.63. The fourth-order valence-electron chi connectivity index (χ4n) is 2.15. The molecule has 0 aliphatic carbocycles. The van der Waals surface area contributed by atoms with Gasteiger partial charge in [0.2, 0.25) is 0 Å². The van der Waals surface area contributed by atoms with Gasteiger partial charge in [0.1, 0.15) is 0 Å². The van der Waals surface area contributed by atoms with Crippen molar-refractivity contribution in [2.45, 2.75) is 25.4 Å². The fraction of sp³-hybridized carbons (Fsp3) is 0.467. The molecule has 20 heavy (non-hydrogen) atoms. The van der Waals surface area contributed by atoms with Crippen LogP contribution in [-0.2, 0) is 4.74 Å². The zero-order chi connectivity index (χ0) is 14.2. The summed E-state index contributed by atoms with van der Waals surface area (Å²) in [5.74, 6) is 5.47. The van der Waals surface area contributed by atoms with E-state index >= 15 is 0 Å². The van der Waals surface area contributed by atoms with E-state index in [0.29, 0.717) is 17.7 Å². The number of nitrogens with zero attached hydrogens (tertiary/aromatic N) is 1. The van der Waals surface area contributed by atoms with Crippen molar-refractivity contribution in [2.24, 2.45) is 5.73 Å². The highest BCUT2D eigenvalue weighted by atomic mass is 16.5. The molecule has 1 saturated heterocycles. The first-order valence-corrected chi connectivity index (χ1v) is 6.84. The van der Waals surface area contributed by atoms with E-state index in [1.54, 1.807) is 18.5 Å². The summed E-state index contributed by atoms with van der Waals surface area (Å²) in [6, 6.07) is 1.67. The Labute approximate surface area is 118 Å². The van der Waals surface area contributed by atoms with E-state index in [2.05, 4.69) is 22.1 Å². The number of carbonyl (C=O) groups excluding carboxylic acids is 1. The van der Waals surface area contributed by atoms with E-state index < -0.39 is 0 Å². The molecule has 1 unspecified atom stereocenters. The molecule has 0 aromatic carbocycles. The van der Waals surface area contributed by atoms with Crippen LogP contribution in [-0.4, -0.2) is 36.7 Å². The van der Waals surface area contributed by atoms with Gasteiger partial charge in [-0.25, -0.2) is 0 Å². The summed E-state index contributed by atoms with van der Waals surface area (Å²) in [5, 5.41) is 2.90. The van der Waals surface area contributed by atoms with Crippen LogP contribution in [0.1, 0.15) is 35.2 Å². The van der Waals surface area contributed by atoms with Crippen LogP contribution in [0.4, 0.5) is 0 Å². The molecule has 1 aliphatic rings. The molecule has 0 radical (unpaired) electrons. The Hall–Kier alpha value is -1.90. The van der Waals surface area contributed by atoms with Crippen molar-refractivity contribution in [1.29, 1.82) is 0 Å². The Balaban J connectivity index is 1.91. The summed E-state index contributed by atoms with van der Waals surface area (Å²) >= 11 is 0. The van der Waals surface area contributed by atoms with Gasteiger partial charge in [-0.1, -0.05) is 11.8 Å². The molecule has 0 saturated carbocycles. The van der Waals surface area contributed by atoms with Crippen LogP contribution >= 0.6 is 0 Å². The molecule has 5 nitrogen and oxygen atoms in total. The summed E-state index contributed by atoms with van der Waals surface area (Å²) in [5.41, 5.74) is 6.48. The first kappa shape index (κ1) is 14.5. The van der Waals surface area contributed by atoms with Gasteiger partial charge in [-0.3, -0.25) is 9.78 Å². The lowest BCUT2D eigenvalue weighted by atomic mass is 10.1. The number of ether oxygens (including phenoxy) is 1. The smallest absolute Gasteiger partial charge is 0.252 e. The van der Waals surface area contributed by atoms with Crippen molar-refractivity contribution in [3.05, 3.63) is 29.6 Å². The second-order valence-corrected chi connectivity index (χ2v) is 4.61. The summed E-state index contributed by atoms with van der Waals surface area (Å²) in [6.07, 6.45) is 6.49. The number of hydrogen-bond donors (Lipinski definition) is 2. The molecule has 2 heterocycles. The SMILES string of the molecule is NCC#Cc1cnccc1C(=O)NCCC1CCCO1. The molecule has 5 heteroatoms. The standard InChI is InChI=1S/C15H19N3O2/c16-7-1-3-12-11-17-8-6-14(12)15(19)18-9-5-13-4-2-10-20-13/h6,8,11,13H,2,4-5,7,9-10,16H2,(H,18,19). The van der Waals surface area contributed by atoms with Crippen molar-refractivity contribution >= 4 is 5.91 Å². The van der Waals surface area contributed by atoms with Crippen LogP contribution in [0.3, 0.4) is 0 Å². The minimum Gasteiger partial charge on any atom is -0.378 e. The molecule has 1 aliphatic heterocycles. The molecule has 0 bridgehead atoms. The number of nitrogens with one attached hydrogen (secondary N) is 1. The van der Waals surface area contributed by atoms with E-state index in [0.717, 1.165) is 25.9 Å². The predicted molar refractivity (Wildman–Crippen MR) is 76.1 cm³/mol. The Morgan fingerprint density at radius 3 is 3.25 bits per heavy atom. The average molecular weight is 273 g/mol. The highest BCUT2D eigenvalue weighted by Gasteiger charge is 2.16. The zero-order valence-electron chi connectivity index (χ0n) is 11.4. The number of pyridine rings is 1. The van der Waals surface area contributed by atoms with Gasteiger partial charge in [0.05, 0.1) is 23.8 Å². The molecule has 0 spiro atoms. The maximum Gasteiger partial charge on any atom is 0.252 e. The lowest BCUT2D eigenvalue weighted by molar-refractivity contribution is 0.0907. The highest BCUT2D eigenvalue weighted by molar-refractivity contribution is 5.96. The van der Waals surface area contributed by atoms with E-state index in [1.807, 2.05) is 0 Å². The van der Waals surface area contributed by atoms with E-state index in [-0.39, 0.29) is 18.6 Å². The van der Waals surface area contributed by atoms with Crippen LogP contribution in [0.25, 0.3) is 0 Å². The lowest BCUT2D eigenvalue weighted by Crippen LogP contribution is -2.27. The maximum absolute atomic E-state index is 12.1. The third kappa shape index (κ3) is 4.05. The Morgan fingerprint density at radius 1 is 1.60 bits per heavy atom. The number of hydrogen-bond acceptors (Lipinski definition) is 4. The Morgan fingerprint density at radius 2 is 2.50 bits per heavy atom. The van der Waals surface area contributed by atoms with Gasteiger partial charge in [0.25, 0.3) is 5.91 Å². The van der Waals surface area contributed by atoms with Crippen molar-refractivity contribution in [3.63, 3.8) is 0 Å². The van der Waals surface area contributed by atoms with Crippen LogP contribution in [0.2, 0.25) is 0 Å². The quantitative estimate of drug-likeness (QED) is 0.791. The number of amides is 1. The van der Waals surface area contributed by atoms with Gasteiger partial charge in [-0.05, 0) is 25.3 Å². The molecule has 2 rings (SSSR count). The molecule has 1 atom stereocenters. The molecule has 3 N–H and O–H groups in total. The van der Waals surface area contributed by atoms with Gasteiger partial charge in [0.15, 0.2) is 0 Å². The van der Waals surface area contributed by atoms with Crippen LogP contribution in [0, 0.1) is 11.8 Å². The monoisotopic (exact) mass is 273 g/mol. The van der Waals surface area contributed by atoms with Gasteiger partial charge in [-0.15, -0.1) is 0 Å². The normalized spacial score (nSPS) is 17.4. The topological polar surface area (TPSA) is 77.2 Å². The maximum atomic E-state index is 12.1. The van der Waals surface area contributed by atoms with Gasteiger partial charge in [-0.2, -0.15) is 0 Å². The van der Waals surface area contributed by atoms with Crippen molar-refractivity contribution in [1.82, 2.24) is 10.3 Å². The Kier molecular flexibility index (Phi) is 5.54.